The van der Waals surface area contributed by atoms with Gasteiger partial charge in [0.2, 0.25) is 5.88 Å². The van der Waals surface area contributed by atoms with Crippen LogP contribution >= 0.6 is 22.9 Å². The third-order valence-electron chi connectivity index (χ3n) is 11.7. The molecule has 0 spiro atoms. The molecule has 3 aliphatic heterocycles. The van der Waals surface area contributed by atoms with Crippen molar-refractivity contribution in [2.45, 2.75) is 75.4 Å². The quantitative estimate of drug-likeness (QED) is 0.145. The first-order chi connectivity index (χ1) is 25.9. The number of hydrogen-bond acceptors (Lipinski definition) is 8. The molecule has 2 atom stereocenters. The molecule has 274 valence electrons. The van der Waals surface area contributed by atoms with Gasteiger partial charge < -0.3 is 18.8 Å². The lowest BCUT2D eigenvalue weighted by atomic mass is 9.94. The summed E-state index contributed by atoms with van der Waals surface area (Å²) in [4.78, 5) is 13.1. The standard InChI is InChI=1S/C40H39ClF2N6O3S/c1-47-34-27(22-53-35(34)31-26-19-44-49(30-10-5-6-15-50-30)29(26)16-28(41)33(31)40(43)12-13-40)32-36(47)45-38(46-37(32)51-21-24-8-3-2-4-9-24)52-23-39-11-7-14-48(39)20-25(17-39)18-42/h2-4,8-9,16,18-19,22,30H,5-7,10-15,17,20-21,23H2,1H3/b25-18-/t30?,39-/m0/s1. The van der Waals surface area contributed by atoms with E-state index < -0.39 is 5.67 Å². The Balaban J connectivity index is 1.13. The van der Waals surface area contributed by atoms with Gasteiger partial charge in [-0.2, -0.15) is 15.1 Å². The summed E-state index contributed by atoms with van der Waals surface area (Å²) in [7, 11) is 1.97. The number of thiophene rings is 1. The number of halogens is 3. The summed E-state index contributed by atoms with van der Waals surface area (Å²) in [5.74, 6) is 0.406. The van der Waals surface area contributed by atoms with Crippen molar-refractivity contribution in [2.75, 3.05) is 26.3 Å². The van der Waals surface area contributed by atoms with E-state index in [-0.39, 0.29) is 17.8 Å². The van der Waals surface area contributed by atoms with Crippen molar-refractivity contribution in [1.82, 2.24) is 29.2 Å². The molecule has 6 aromatic rings. The Kier molecular flexibility index (Phi) is 8.05. The first kappa shape index (κ1) is 33.5. The van der Waals surface area contributed by atoms with Gasteiger partial charge in [-0.15, -0.1) is 11.3 Å². The zero-order valence-corrected chi connectivity index (χ0v) is 31.0. The monoisotopic (exact) mass is 756 g/mol. The summed E-state index contributed by atoms with van der Waals surface area (Å²) in [5, 5.41) is 9.77. The van der Waals surface area contributed by atoms with Gasteiger partial charge in [-0.05, 0) is 75.1 Å². The lowest BCUT2D eigenvalue weighted by Crippen LogP contribution is -2.43. The fourth-order valence-corrected chi connectivity index (χ4v) is 10.4. The van der Waals surface area contributed by atoms with Gasteiger partial charge in [0.15, 0.2) is 11.9 Å². The van der Waals surface area contributed by atoms with Crippen LogP contribution in [0.5, 0.6) is 11.9 Å². The van der Waals surface area contributed by atoms with Crippen LogP contribution in [0.25, 0.3) is 43.3 Å². The van der Waals surface area contributed by atoms with Crippen LogP contribution in [0.15, 0.2) is 59.9 Å². The molecule has 2 aromatic carbocycles. The van der Waals surface area contributed by atoms with E-state index in [2.05, 4.69) is 10.3 Å². The summed E-state index contributed by atoms with van der Waals surface area (Å²) in [5.41, 5.74) is 3.61. The molecule has 1 unspecified atom stereocenters. The van der Waals surface area contributed by atoms with Gasteiger partial charge in [-0.25, -0.2) is 13.5 Å². The Bertz CT molecular complexity index is 2420. The van der Waals surface area contributed by atoms with Crippen LogP contribution in [0.4, 0.5) is 8.78 Å². The highest BCUT2D eigenvalue weighted by Gasteiger charge is 2.49. The lowest BCUT2D eigenvalue weighted by Gasteiger charge is -2.30. The maximum atomic E-state index is 16.4. The number of nitrogens with zero attached hydrogens (tertiary/aromatic N) is 6. The van der Waals surface area contributed by atoms with Gasteiger partial charge in [0.05, 0.1) is 39.4 Å². The van der Waals surface area contributed by atoms with Crippen LogP contribution in [0, 0.1) is 0 Å². The second-order valence-corrected chi connectivity index (χ2v) is 16.4. The van der Waals surface area contributed by atoms with Crippen LogP contribution in [0.1, 0.15) is 68.7 Å². The van der Waals surface area contributed by atoms with Gasteiger partial charge in [0.1, 0.15) is 18.9 Å². The number of ether oxygens (including phenoxy) is 3. The summed E-state index contributed by atoms with van der Waals surface area (Å²) in [6, 6.07) is 12.0. The van der Waals surface area contributed by atoms with Crippen molar-refractivity contribution in [3.8, 4) is 22.3 Å². The smallest absolute Gasteiger partial charge is 0.321 e. The van der Waals surface area contributed by atoms with Gasteiger partial charge >= 0.3 is 6.01 Å². The number of hydrogen-bond donors (Lipinski definition) is 0. The van der Waals surface area contributed by atoms with E-state index in [9.17, 15) is 4.39 Å². The largest absolute Gasteiger partial charge is 0.472 e. The first-order valence-corrected chi connectivity index (χ1v) is 19.7. The molecule has 0 bridgehead atoms. The minimum absolute atomic E-state index is 0.199. The normalized spacial score (nSPS) is 23.5. The van der Waals surface area contributed by atoms with E-state index in [0.29, 0.717) is 67.7 Å². The number of fused-ring (bicyclic) bond motifs is 5. The second-order valence-electron chi connectivity index (χ2n) is 15.1. The predicted molar refractivity (Wildman–Crippen MR) is 202 cm³/mol. The molecular formula is C40H39ClF2N6O3S. The Morgan fingerprint density at radius 3 is 2.75 bits per heavy atom. The van der Waals surface area contributed by atoms with Crippen LogP contribution in [0.2, 0.25) is 5.02 Å². The lowest BCUT2D eigenvalue weighted by molar-refractivity contribution is -0.0366. The van der Waals surface area contributed by atoms with Gasteiger partial charge in [-0.3, -0.25) is 4.90 Å². The highest BCUT2D eigenvalue weighted by atomic mass is 35.5. The van der Waals surface area contributed by atoms with Gasteiger partial charge in [0.25, 0.3) is 0 Å². The van der Waals surface area contributed by atoms with Crippen molar-refractivity contribution in [2.24, 2.45) is 7.05 Å². The molecule has 4 aromatic heterocycles. The molecule has 53 heavy (non-hydrogen) atoms. The minimum Gasteiger partial charge on any atom is -0.472 e. The Morgan fingerprint density at radius 2 is 1.96 bits per heavy atom. The SMILES string of the molecule is Cn1c2nc(OC[C@@]34CCCN3C/C(=C\F)C4)nc(OCc3ccccc3)c2c2csc(-c3c(C4(F)CC4)c(Cl)cc4c3cnn4C3CCCCO3)c21. The van der Waals surface area contributed by atoms with E-state index in [1.807, 2.05) is 58.9 Å². The number of benzene rings is 2. The van der Waals surface area contributed by atoms with Crippen molar-refractivity contribution < 1.29 is 23.0 Å². The Labute approximate surface area is 314 Å². The van der Waals surface area contributed by atoms with Crippen LogP contribution < -0.4 is 9.47 Å². The van der Waals surface area contributed by atoms with Crippen molar-refractivity contribution in [3.05, 3.63) is 76.0 Å². The molecule has 0 N–H and O–H groups in total. The van der Waals surface area contributed by atoms with Crippen LogP contribution in [0.3, 0.4) is 0 Å². The summed E-state index contributed by atoms with van der Waals surface area (Å²) < 4.78 is 53.1. The molecule has 4 aliphatic rings. The third-order valence-corrected chi connectivity index (χ3v) is 13.0. The van der Waals surface area contributed by atoms with E-state index in [0.717, 1.165) is 93.7 Å². The first-order valence-electron chi connectivity index (χ1n) is 18.5. The van der Waals surface area contributed by atoms with E-state index in [1.54, 1.807) is 11.3 Å². The molecule has 4 fully saturated rings. The van der Waals surface area contributed by atoms with Crippen LogP contribution in [-0.4, -0.2) is 61.1 Å². The second kappa shape index (κ2) is 12.8. The van der Waals surface area contributed by atoms with Crippen molar-refractivity contribution >= 4 is 55.8 Å². The van der Waals surface area contributed by atoms with E-state index in [1.165, 1.54) is 0 Å². The summed E-state index contributed by atoms with van der Waals surface area (Å²) in [6.07, 6.45) is 8.72. The highest BCUT2D eigenvalue weighted by Crippen LogP contribution is 2.58. The Hall–Kier alpha value is -4.10. The average molecular weight is 757 g/mol. The molecule has 0 radical (unpaired) electrons. The molecular weight excluding hydrogens is 718 g/mol. The Morgan fingerprint density at radius 1 is 1.09 bits per heavy atom. The highest BCUT2D eigenvalue weighted by molar-refractivity contribution is 7.15. The van der Waals surface area contributed by atoms with Crippen LogP contribution in [-0.2, 0) is 24.1 Å². The zero-order valence-electron chi connectivity index (χ0n) is 29.4. The predicted octanol–water partition coefficient (Wildman–Crippen LogP) is 9.56. The molecule has 1 aliphatic carbocycles. The maximum absolute atomic E-state index is 16.4. The molecule has 0 amide bonds. The molecule has 13 heteroatoms. The molecule has 9 nitrogen and oxygen atoms in total. The average Bonchev–Trinajstić information content (AvgIpc) is 3.66. The van der Waals surface area contributed by atoms with Gasteiger partial charge in [-0.1, -0.05) is 41.9 Å². The molecule has 1 saturated carbocycles. The summed E-state index contributed by atoms with van der Waals surface area (Å²) >= 11 is 8.61. The van der Waals surface area contributed by atoms with E-state index in [4.69, 9.17) is 40.9 Å². The molecule has 10 rings (SSSR count). The number of aromatic nitrogens is 5. The fraction of sp³-hybridized carbons (Fsp3) is 0.425. The topological polar surface area (TPSA) is 79.5 Å². The van der Waals surface area contributed by atoms with E-state index >= 15 is 4.39 Å². The zero-order chi connectivity index (χ0) is 35.9. The minimum atomic E-state index is -1.51. The fourth-order valence-electron chi connectivity index (χ4n) is 8.91. The van der Waals surface area contributed by atoms with Crippen molar-refractivity contribution in [1.29, 1.82) is 0 Å². The summed E-state index contributed by atoms with van der Waals surface area (Å²) in [6.45, 7) is 2.85. The number of rotatable bonds is 9. The maximum Gasteiger partial charge on any atom is 0.321 e. The van der Waals surface area contributed by atoms with Crippen molar-refractivity contribution in [3.63, 3.8) is 0 Å². The molecule has 7 heterocycles. The third kappa shape index (κ3) is 5.46. The number of alkyl halides is 1. The van der Waals surface area contributed by atoms with Gasteiger partial charge in [0, 0.05) is 52.5 Å². The number of aryl methyl sites for hydroxylation is 1. The molecule has 3 saturated heterocycles.